The molecule has 100 valence electrons. The lowest BCUT2D eigenvalue weighted by atomic mass is 9.87. The predicted octanol–water partition coefficient (Wildman–Crippen LogP) is 0.228. The summed E-state index contributed by atoms with van der Waals surface area (Å²) in [5.74, 6) is -0.0916. The van der Waals surface area contributed by atoms with Crippen LogP contribution in [0.1, 0.15) is 17.7 Å². The summed E-state index contributed by atoms with van der Waals surface area (Å²) in [4.78, 5) is 0.185. The van der Waals surface area contributed by atoms with Crippen molar-refractivity contribution in [2.24, 2.45) is 7.05 Å². The highest BCUT2D eigenvalue weighted by Gasteiger charge is 2.43. The third-order valence-corrected chi connectivity index (χ3v) is 5.31. The average Bonchev–Trinajstić information content (AvgIpc) is 2.82. The van der Waals surface area contributed by atoms with E-state index in [-0.39, 0.29) is 17.1 Å². The van der Waals surface area contributed by atoms with Gasteiger partial charge < -0.3 is 5.11 Å². The van der Waals surface area contributed by atoms with Gasteiger partial charge in [0.25, 0.3) is 0 Å². The minimum Gasteiger partial charge on any atom is -0.379 e. The molecule has 0 saturated heterocycles. The van der Waals surface area contributed by atoms with Crippen LogP contribution >= 0.6 is 0 Å². The van der Waals surface area contributed by atoms with E-state index >= 15 is 0 Å². The van der Waals surface area contributed by atoms with Gasteiger partial charge in [-0.25, -0.2) is 13.1 Å². The van der Waals surface area contributed by atoms with Gasteiger partial charge in [0.2, 0.25) is 0 Å². The topological polar surface area (TPSA) is 85.1 Å². The van der Waals surface area contributed by atoms with Crippen LogP contribution in [0.4, 0.5) is 0 Å². The number of hydrogen-bond acceptors (Lipinski definition) is 5. The summed E-state index contributed by atoms with van der Waals surface area (Å²) in [7, 11) is -1.65. The molecule has 1 aliphatic heterocycles. The Morgan fingerprint density at radius 2 is 2.11 bits per heavy atom. The molecule has 0 saturated carbocycles. The Morgan fingerprint density at radius 1 is 1.37 bits per heavy atom. The molecule has 6 nitrogen and oxygen atoms in total. The van der Waals surface area contributed by atoms with Crippen molar-refractivity contribution in [3.63, 3.8) is 0 Å². The number of fused-ring (bicyclic) bond motifs is 1. The highest BCUT2D eigenvalue weighted by molar-refractivity contribution is 7.91. The van der Waals surface area contributed by atoms with Crippen LogP contribution in [0.3, 0.4) is 0 Å². The number of rotatable bonds is 1. The summed E-state index contributed by atoms with van der Waals surface area (Å²) in [6, 6.07) is 6.54. The van der Waals surface area contributed by atoms with Gasteiger partial charge in [0.05, 0.1) is 22.5 Å². The van der Waals surface area contributed by atoms with Gasteiger partial charge in [-0.15, -0.1) is 5.10 Å². The van der Waals surface area contributed by atoms with E-state index < -0.39 is 15.4 Å². The zero-order valence-electron chi connectivity index (χ0n) is 10.3. The highest BCUT2D eigenvalue weighted by atomic mass is 32.2. The smallest absolute Gasteiger partial charge is 0.178 e. The molecule has 0 aliphatic carbocycles. The maximum atomic E-state index is 12.1. The Kier molecular flexibility index (Phi) is 2.51. The normalized spacial score (nSPS) is 24.9. The van der Waals surface area contributed by atoms with Crippen LogP contribution < -0.4 is 0 Å². The van der Waals surface area contributed by atoms with Crippen molar-refractivity contribution >= 4 is 9.84 Å². The van der Waals surface area contributed by atoms with Gasteiger partial charge in [-0.1, -0.05) is 23.4 Å². The maximum absolute atomic E-state index is 12.1. The molecule has 19 heavy (non-hydrogen) atoms. The van der Waals surface area contributed by atoms with Gasteiger partial charge in [-0.3, -0.25) is 0 Å². The van der Waals surface area contributed by atoms with Crippen LogP contribution in [-0.4, -0.2) is 34.3 Å². The fourth-order valence-corrected chi connectivity index (χ4v) is 4.18. The minimum atomic E-state index is -3.33. The lowest BCUT2D eigenvalue weighted by Crippen LogP contribution is -2.37. The first kappa shape index (κ1) is 12.3. The van der Waals surface area contributed by atoms with Crippen molar-refractivity contribution in [2.45, 2.75) is 16.9 Å². The third-order valence-electron chi connectivity index (χ3n) is 3.54. The molecule has 0 radical (unpaired) electrons. The fourth-order valence-electron chi connectivity index (χ4n) is 2.54. The van der Waals surface area contributed by atoms with Crippen LogP contribution in [0.2, 0.25) is 0 Å². The molecule has 1 aromatic heterocycles. The molecule has 0 fully saturated rings. The van der Waals surface area contributed by atoms with Crippen LogP contribution in [0, 0.1) is 0 Å². The van der Waals surface area contributed by atoms with E-state index in [1.165, 1.54) is 16.9 Å². The van der Waals surface area contributed by atoms with E-state index in [0.29, 0.717) is 11.3 Å². The first-order chi connectivity index (χ1) is 8.95. The van der Waals surface area contributed by atoms with Crippen LogP contribution in [-0.2, 0) is 22.5 Å². The Balaban J connectivity index is 2.29. The van der Waals surface area contributed by atoms with Gasteiger partial charge in [0, 0.05) is 19.0 Å². The molecule has 1 N–H and O–H groups in total. The number of aryl methyl sites for hydroxylation is 1. The summed E-state index contributed by atoms with van der Waals surface area (Å²) >= 11 is 0. The summed E-state index contributed by atoms with van der Waals surface area (Å²) in [6.45, 7) is 0. The molecule has 1 atom stereocenters. The molecule has 2 aromatic rings. The standard InChI is InChI=1S/C12H13N3O3S/c1-15-11(8-13-14-15)12(16)6-7-19(17,18)10-5-3-2-4-9(10)12/h2-5,8,16H,6-7H2,1H3. The molecule has 7 heteroatoms. The van der Waals surface area contributed by atoms with Crippen LogP contribution in [0.25, 0.3) is 0 Å². The fraction of sp³-hybridized carbons (Fsp3) is 0.333. The van der Waals surface area contributed by atoms with Crippen molar-refractivity contribution in [1.29, 1.82) is 0 Å². The number of nitrogens with zero attached hydrogens (tertiary/aromatic N) is 3. The summed E-state index contributed by atoms with van der Waals surface area (Å²) < 4.78 is 25.6. The second-order valence-corrected chi connectivity index (χ2v) is 6.75. The maximum Gasteiger partial charge on any atom is 0.178 e. The average molecular weight is 279 g/mol. The quantitative estimate of drug-likeness (QED) is 0.807. The van der Waals surface area contributed by atoms with Gasteiger partial charge >= 0.3 is 0 Å². The Morgan fingerprint density at radius 3 is 2.79 bits per heavy atom. The van der Waals surface area contributed by atoms with E-state index in [1.54, 1.807) is 25.2 Å². The molecule has 0 bridgehead atoms. The van der Waals surface area contributed by atoms with E-state index in [0.717, 1.165) is 0 Å². The van der Waals surface area contributed by atoms with Gasteiger partial charge in [-0.05, 0) is 6.07 Å². The molecule has 0 spiro atoms. The van der Waals surface area contributed by atoms with Crippen molar-refractivity contribution < 1.29 is 13.5 Å². The second kappa shape index (κ2) is 3.88. The molecule has 1 aliphatic rings. The third kappa shape index (κ3) is 1.69. The highest BCUT2D eigenvalue weighted by Crippen LogP contribution is 2.40. The zero-order chi connectivity index (χ0) is 13.7. The molecule has 1 unspecified atom stereocenters. The second-order valence-electron chi connectivity index (χ2n) is 4.67. The number of aromatic nitrogens is 3. The summed E-state index contributed by atoms with van der Waals surface area (Å²) in [6.07, 6.45) is 1.57. The number of aliphatic hydroxyl groups is 1. The molecule has 3 rings (SSSR count). The first-order valence-corrected chi connectivity index (χ1v) is 7.50. The van der Waals surface area contributed by atoms with Crippen molar-refractivity contribution in [1.82, 2.24) is 15.0 Å². The van der Waals surface area contributed by atoms with E-state index in [4.69, 9.17) is 0 Å². The van der Waals surface area contributed by atoms with Crippen LogP contribution in [0.5, 0.6) is 0 Å². The van der Waals surface area contributed by atoms with Gasteiger partial charge in [0.1, 0.15) is 5.60 Å². The van der Waals surface area contributed by atoms with Gasteiger partial charge in [0.15, 0.2) is 9.84 Å². The number of benzene rings is 1. The number of sulfone groups is 1. The Hall–Kier alpha value is -1.73. The molecular formula is C12H13N3O3S. The summed E-state index contributed by atoms with van der Waals surface area (Å²) in [5.41, 5.74) is -0.471. The van der Waals surface area contributed by atoms with E-state index in [1.807, 2.05) is 0 Å². The zero-order valence-corrected chi connectivity index (χ0v) is 11.1. The lowest BCUT2D eigenvalue weighted by molar-refractivity contribution is 0.0631. The summed E-state index contributed by atoms with van der Waals surface area (Å²) in [5, 5.41) is 18.5. The molecule has 0 amide bonds. The van der Waals surface area contributed by atoms with E-state index in [2.05, 4.69) is 10.3 Å². The Bertz CT molecular complexity index is 738. The Labute approximate surface area is 110 Å². The van der Waals surface area contributed by atoms with Crippen molar-refractivity contribution in [2.75, 3.05) is 5.75 Å². The van der Waals surface area contributed by atoms with E-state index in [9.17, 15) is 13.5 Å². The molecule has 2 heterocycles. The lowest BCUT2D eigenvalue weighted by Gasteiger charge is -2.33. The monoisotopic (exact) mass is 279 g/mol. The number of hydrogen-bond donors (Lipinski definition) is 1. The van der Waals surface area contributed by atoms with Crippen molar-refractivity contribution in [3.8, 4) is 0 Å². The minimum absolute atomic E-state index is 0.0916. The predicted molar refractivity (Wildman–Crippen MR) is 67.1 cm³/mol. The van der Waals surface area contributed by atoms with Gasteiger partial charge in [-0.2, -0.15) is 0 Å². The largest absolute Gasteiger partial charge is 0.379 e. The van der Waals surface area contributed by atoms with Crippen molar-refractivity contribution in [3.05, 3.63) is 41.7 Å². The molecular weight excluding hydrogens is 266 g/mol. The SMILES string of the molecule is Cn1nncc1C1(O)CCS(=O)(=O)c2ccccc21. The first-order valence-electron chi connectivity index (χ1n) is 5.85. The van der Waals surface area contributed by atoms with Crippen LogP contribution in [0.15, 0.2) is 35.4 Å². The molecule has 1 aromatic carbocycles.